The first-order chi connectivity index (χ1) is 16.6. The Hall–Kier alpha value is -2.52. The fourth-order valence-corrected chi connectivity index (χ4v) is 6.38. The van der Waals surface area contributed by atoms with Crippen molar-refractivity contribution in [1.82, 2.24) is 18.4 Å². The van der Waals surface area contributed by atoms with Gasteiger partial charge in [0.15, 0.2) is 5.69 Å². The number of aromatic nitrogens is 2. The minimum atomic E-state index is -4.65. The van der Waals surface area contributed by atoms with Gasteiger partial charge in [-0.25, -0.2) is 21.2 Å². The van der Waals surface area contributed by atoms with Crippen molar-refractivity contribution in [3.63, 3.8) is 0 Å². The molecule has 0 bridgehead atoms. The monoisotopic (exact) mass is 552 g/mol. The molecule has 15 heteroatoms. The quantitative estimate of drug-likeness (QED) is 0.538. The van der Waals surface area contributed by atoms with E-state index < -0.39 is 49.4 Å². The van der Waals surface area contributed by atoms with E-state index in [-0.39, 0.29) is 68.0 Å². The molecule has 1 aromatic heterocycles. The Bertz CT molecular complexity index is 1410. The van der Waals surface area contributed by atoms with Crippen molar-refractivity contribution in [2.24, 2.45) is 0 Å². The molecule has 0 unspecified atom stereocenters. The van der Waals surface area contributed by atoms with Crippen LogP contribution in [0.25, 0.3) is 0 Å². The highest BCUT2D eigenvalue weighted by molar-refractivity contribution is 7.89. The number of piperidine rings is 1. The highest BCUT2D eigenvalue weighted by Crippen LogP contribution is 2.39. The number of benzene rings is 1. The third-order valence-corrected chi connectivity index (χ3v) is 8.70. The molecule has 0 saturated carbocycles. The molecule has 0 spiro atoms. The number of rotatable bonds is 4. The van der Waals surface area contributed by atoms with Crippen LogP contribution >= 0.6 is 0 Å². The molecule has 198 valence electrons. The number of alkyl halides is 3. The summed E-state index contributed by atoms with van der Waals surface area (Å²) in [6.45, 7) is -0.123. The van der Waals surface area contributed by atoms with Gasteiger partial charge in [0.2, 0.25) is 10.0 Å². The van der Waals surface area contributed by atoms with Crippen LogP contribution in [0, 0.1) is 5.82 Å². The zero-order chi connectivity index (χ0) is 26.6. The van der Waals surface area contributed by atoms with Crippen molar-refractivity contribution in [3.8, 4) is 0 Å². The standard InChI is InChI=1S/C21H24F4N4O5S2/c1-35(31,32)28-10-7-18-16(12-28)19(26-29(18)36(2,33)34)20(30)27-8-5-13(6-9-27)15-11-14(22)3-4-17(15)21(23,24)25/h3-4,11,13H,5-10,12H2,1-2H3. The van der Waals surface area contributed by atoms with E-state index in [0.717, 1.165) is 33.0 Å². The summed E-state index contributed by atoms with van der Waals surface area (Å²) in [5.74, 6) is -2.06. The van der Waals surface area contributed by atoms with Crippen molar-refractivity contribution in [1.29, 1.82) is 0 Å². The number of sulfonamides is 1. The summed E-state index contributed by atoms with van der Waals surface area (Å²) in [4.78, 5) is 14.7. The fourth-order valence-electron chi connectivity index (χ4n) is 4.76. The largest absolute Gasteiger partial charge is 0.416 e. The summed E-state index contributed by atoms with van der Waals surface area (Å²) in [5.41, 5.74) is -0.879. The van der Waals surface area contributed by atoms with Crippen LogP contribution in [-0.4, -0.2) is 73.3 Å². The number of amides is 1. The van der Waals surface area contributed by atoms with Crippen molar-refractivity contribution in [3.05, 3.63) is 52.1 Å². The lowest BCUT2D eigenvalue weighted by Crippen LogP contribution is -2.40. The number of carbonyl (C=O) groups excluding carboxylic acids is 1. The third kappa shape index (κ3) is 5.13. The first-order valence-electron chi connectivity index (χ1n) is 11.0. The second-order valence-corrected chi connectivity index (χ2v) is 12.8. The SMILES string of the molecule is CS(=O)(=O)N1CCc2c(c(C(=O)N3CCC(c4cc(F)ccc4C(F)(F)F)CC3)nn2S(C)(=O)=O)C1. The van der Waals surface area contributed by atoms with Gasteiger partial charge in [-0.15, -0.1) is 0 Å². The Labute approximate surface area is 205 Å². The number of halogens is 4. The average molecular weight is 553 g/mol. The molecule has 0 N–H and O–H groups in total. The van der Waals surface area contributed by atoms with Gasteiger partial charge < -0.3 is 4.90 Å². The molecule has 1 aromatic carbocycles. The highest BCUT2D eigenvalue weighted by atomic mass is 32.2. The van der Waals surface area contributed by atoms with Gasteiger partial charge in [-0.2, -0.15) is 26.7 Å². The van der Waals surface area contributed by atoms with Crippen LogP contribution in [0.4, 0.5) is 17.6 Å². The molecule has 1 fully saturated rings. The van der Waals surface area contributed by atoms with Gasteiger partial charge in [0.1, 0.15) is 5.82 Å². The molecule has 36 heavy (non-hydrogen) atoms. The predicted octanol–water partition coefficient (Wildman–Crippen LogP) is 2.19. The van der Waals surface area contributed by atoms with Crippen LogP contribution in [-0.2, 0) is 39.2 Å². The average Bonchev–Trinajstić information content (AvgIpc) is 3.17. The van der Waals surface area contributed by atoms with E-state index in [1.807, 2.05) is 0 Å². The van der Waals surface area contributed by atoms with Gasteiger partial charge in [-0.3, -0.25) is 4.79 Å². The van der Waals surface area contributed by atoms with E-state index in [9.17, 15) is 39.2 Å². The second kappa shape index (κ2) is 9.10. The molecule has 0 radical (unpaired) electrons. The maximum atomic E-state index is 13.8. The van der Waals surface area contributed by atoms with Crippen LogP contribution < -0.4 is 0 Å². The van der Waals surface area contributed by atoms with Gasteiger partial charge in [-0.1, -0.05) is 0 Å². The number of hydrogen-bond acceptors (Lipinski definition) is 6. The normalized spacial score (nSPS) is 18.3. The van der Waals surface area contributed by atoms with Crippen LogP contribution in [0.2, 0.25) is 0 Å². The van der Waals surface area contributed by atoms with Crippen molar-refractivity contribution < 1.29 is 39.2 Å². The van der Waals surface area contributed by atoms with E-state index in [2.05, 4.69) is 5.10 Å². The van der Waals surface area contributed by atoms with Gasteiger partial charge in [0, 0.05) is 38.2 Å². The Balaban J connectivity index is 1.61. The minimum absolute atomic E-state index is 0.0290. The summed E-state index contributed by atoms with van der Waals surface area (Å²) in [7, 11) is -7.50. The van der Waals surface area contributed by atoms with Gasteiger partial charge in [0.05, 0.1) is 23.8 Å². The molecule has 2 aliphatic heterocycles. The van der Waals surface area contributed by atoms with Gasteiger partial charge >= 0.3 is 6.18 Å². The third-order valence-electron chi connectivity index (χ3n) is 6.52. The predicted molar refractivity (Wildman–Crippen MR) is 121 cm³/mol. The lowest BCUT2D eigenvalue weighted by Gasteiger charge is -2.33. The zero-order valence-corrected chi connectivity index (χ0v) is 21.1. The Morgan fingerprint density at radius 1 is 1.03 bits per heavy atom. The van der Waals surface area contributed by atoms with Crippen LogP contribution in [0.3, 0.4) is 0 Å². The molecule has 1 amide bonds. The smallest absolute Gasteiger partial charge is 0.337 e. The van der Waals surface area contributed by atoms with Crippen molar-refractivity contribution in [2.75, 3.05) is 32.1 Å². The number of likely N-dealkylation sites (tertiary alicyclic amines) is 1. The molecular formula is C21H24F4N4O5S2. The maximum Gasteiger partial charge on any atom is 0.416 e. The zero-order valence-electron chi connectivity index (χ0n) is 19.4. The Morgan fingerprint density at radius 3 is 2.22 bits per heavy atom. The number of nitrogens with zero attached hydrogens (tertiary/aromatic N) is 4. The molecule has 3 heterocycles. The minimum Gasteiger partial charge on any atom is -0.337 e. The van der Waals surface area contributed by atoms with E-state index >= 15 is 0 Å². The molecule has 0 atom stereocenters. The summed E-state index contributed by atoms with van der Waals surface area (Å²) < 4.78 is 105. The number of fused-ring (bicyclic) bond motifs is 1. The Kier molecular flexibility index (Phi) is 6.71. The van der Waals surface area contributed by atoms with E-state index in [1.54, 1.807) is 0 Å². The van der Waals surface area contributed by atoms with Crippen molar-refractivity contribution >= 4 is 26.0 Å². The first kappa shape index (κ1) is 26.5. The van der Waals surface area contributed by atoms with Gasteiger partial charge in [-0.05, 0) is 42.5 Å². The topological polar surface area (TPSA) is 110 Å². The molecule has 2 aliphatic rings. The highest BCUT2D eigenvalue weighted by Gasteiger charge is 2.38. The Morgan fingerprint density at radius 2 is 1.67 bits per heavy atom. The molecule has 0 aliphatic carbocycles. The van der Waals surface area contributed by atoms with Gasteiger partial charge in [0.25, 0.3) is 15.9 Å². The molecule has 9 nitrogen and oxygen atoms in total. The number of hydrogen-bond donors (Lipinski definition) is 0. The number of carbonyl (C=O) groups is 1. The molecular weight excluding hydrogens is 528 g/mol. The lowest BCUT2D eigenvalue weighted by molar-refractivity contribution is -0.138. The van der Waals surface area contributed by atoms with Crippen LogP contribution in [0.1, 0.15) is 51.6 Å². The first-order valence-corrected chi connectivity index (χ1v) is 14.7. The van der Waals surface area contributed by atoms with Crippen molar-refractivity contribution in [2.45, 2.75) is 37.9 Å². The fraction of sp³-hybridized carbons (Fsp3) is 0.524. The second-order valence-electron chi connectivity index (χ2n) is 9.02. The van der Waals surface area contributed by atoms with E-state index in [0.29, 0.717) is 6.07 Å². The molecule has 4 rings (SSSR count). The summed E-state index contributed by atoms with van der Waals surface area (Å²) in [6.07, 6.45) is -2.44. The molecule has 2 aromatic rings. The van der Waals surface area contributed by atoms with E-state index in [4.69, 9.17) is 0 Å². The molecule has 1 saturated heterocycles. The van der Waals surface area contributed by atoms with Crippen LogP contribution in [0.15, 0.2) is 18.2 Å². The lowest BCUT2D eigenvalue weighted by atomic mass is 9.86. The van der Waals surface area contributed by atoms with Crippen LogP contribution in [0.5, 0.6) is 0 Å². The van der Waals surface area contributed by atoms with E-state index in [1.165, 1.54) is 4.90 Å². The summed E-state index contributed by atoms with van der Waals surface area (Å²) in [6, 6.07) is 2.33. The maximum absolute atomic E-state index is 13.8. The summed E-state index contributed by atoms with van der Waals surface area (Å²) in [5, 5.41) is 4.01. The summed E-state index contributed by atoms with van der Waals surface area (Å²) >= 11 is 0.